The zero-order valence-electron chi connectivity index (χ0n) is 12.3. The highest BCUT2D eigenvalue weighted by Gasteiger charge is 2.12. The molecule has 0 aliphatic heterocycles. The molecule has 0 atom stereocenters. The van der Waals surface area contributed by atoms with Gasteiger partial charge in [0.05, 0.1) is 5.56 Å². The van der Waals surface area contributed by atoms with Gasteiger partial charge < -0.3 is 9.73 Å². The summed E-state index contributed by atoms with van der Waals surface area (Å²) in [5.74, 6) is -0.142. The molecule has 0 saturated heterocycles. The van der Waals surface area contributed by atoms with Gasteiger partial charge in [0.15, 0.2) is 0 Å². The Labute approximate surface area is 160 Å². The van der Waals surface area contributed by atoms with Crippen LogP contribution >= 0.6 is 38.5 Å². The van der Waals surface area contributed by atoms with E-state index < -0.39 is 0 Å². The van der Waals surface area contributed by atoms with E-state index in [2.05, 4.69) is 43.8 Å². The first kappa shape index (κ1) is 15.7. The van der Waals surface area contributed by atoms with Gasteiger partial charge >= 0.3 is 0 Å². The predicted octanol–water partition coefficient (Wildman–Crippen LogP) is 6.21. The van der Waals surface area contributed by atoms with Crippen molar-refractivity contribution < 1.29 is 9.21 Å². The van der Waals surface area contributed by atoms with E-state index >= 15 is 0 Å². The third-order valence-corrected chi connectivity index (χ3v) is 5.24. The highest BCUT2D eigenvalue weighted by atomic mass is 127. The molecule has 4 rings (SSSR count). The molecule has 0 unspecified atom stereocenters. The van der Waals surface area contributed by atoms with E-state index in [1.807, 2.05) is 60.7 Å². The van der Waals surface area contributed by atoms with E-state index in [1.54, 1.807) is 0 Å². The standard InChI is InChI=1S/C19H11BrINO2/c20-11-5-8-16(21)15(9-11)19(23)22-12-6-7-14-13-3-1-2-4-17(13)24-18(14)10-12/h1-10H,(H,22,23). The molecule has 0 saturated carbocycles. The van der Waals surface area contributed by atoms with Crippen molar-refractivity contribution >= 4 is 72.1 Å². The van der Waals surface area contributed by atoms with E-state index in [1.165, 1.54) is 0 Å². The first-order valence-electron chi connectivity index (χ1n) is 7.29. The number of halogens is 2. The van der Waals surface area contributed by atoms with E-state index in [0.29, 0.717) is 11.3 Å². The second-order valence-electron chi connectivity index (χ2n) is 5.39. The molecular weight excluding hydrogens is 481 g/mol. The summed E-state index contributed by atoms with van der Waals surface area (Å²) in [6.07, 6.45) is 0. The number of para-hydroxylation sites is 1. The lowest BCUT2D eigenvalue weighted by molar-refractivity contribution is 0.102. The van der Waals surface area contributed by atoms with Gasteiger partial charge in [0.1, 0.15) is 11.2 Å². The minimum atomic E-state index is -0.142. The Hall–Kier alpha value is -1.86. The number of fused-ring (bicyclic) bond motifs is 3. The first-order valence-corrected chi connectivity index (χ1v) is 9.17. The Morgan fingerprint density at radius 3 is 2.62 bits per heavy atom. The van der Waals surface area contributed by atoms with Gasteiger partial charge in [-0.3, -0.25) is 4.79 Å². The van der Waals surface area contributed by atoms with Crippen LogP contribution in [0.15, 0.2) is 69.6 Å². The van der Waals surface area contributed by atoms with Crippen molar-refractivity contribution in [1.29, 1.82) is 0 Å². The van der Waals surface area contributed by atoms with E-state index in [0.717, 1.165) is 30.0 Å². The molecule has 0 radical (unpaired) electrons. The van der Waals surface area contributed by atoms with Gasteiger partial charge in [-0.1, -0.05) is 34.1 Å². The van der Waals surface area contributed by atoms with Crippen LogP contribution in [0, 0.1) is 3.57 Å². The van der Waals surface area contributed by atoms with Crippen molar-refractivity contribution in [3.8, 4) is 0 Å². The maximum Gasteiger partial charge on any atom is 0.256 e. The molecule has 118 valence electrons. The van der Waals surface area contributed by atoms with Crippen LogP contribution in [0.25, 0.3) is 21.9 Å². The molecule has 1 aromatic heterocycles. The van der Waals surface area contributed by atoms with Crippen LogP contribution in [-0.4, -0.2) is 5.91 Å². The van der Waals surface area contributed by atoms with Crippen LogP contribution in [0.2, 0.25) is 0 Å². The van der Waals surface area contributed by atoms with Crippen molar-refractivity contribution in [2.75, 3.05) is 5.32 Å². The Morgan fingerprint density at radius 1 is 0.958 bits per heavy atom. The number of hydrogen-bond donors (Lipinski definition) is 1. The molecular formula is C19H11BrINO2. The number of carbonyl (C=O) groups excluding carboxylic acids is 1. The Balaban J connectivity index is 1.70. The van der Waals surface area contributed by atoms with E-state index in [9.17, 15) is 4.79 Å². The maximum absolute atomic E-state index is 12.5. The van der Waals surface area contributed by atoms with Crippen molar-refractivity contribution in [3.63, 3.8) is 0 Å². The van der Waals surface area contributed by atoms with Crippen LogP contribution in [0.5, 0.6) is 0 Å². The van der Waals surface area contributed by atoms with Crippen molar-refractivity contribution in [2.24, 2.45) is 0 Å². The molecule has 0 spiro atoms. The zero-order valence-corrected chi connectivity index (χ0v) is 16.1. The lowest BCUT2D eigenvalue weighted by Crippen LogP contribution is -2.13. The maximum atomic E-state index is 12.5. The molecule has 3 nitrogen and oxygen atoms in total. The molecule has 0 fully saturated rings. The smallest absolute Gasteiger partial charge is 0.256 e. The minimum Gasteiger partial charge on any atom is -0.456 e. The number of carbonyl (C=O) groups is 1. The summed E-state index contributed by atoms with van der Waals surface area (Å²) in [5, 5.41) is 5.06. The molecule has 1 heterocycles. The van der Waals surface area contributed by atoms with Crippen LogP contribution < -0.4 is 5.32 Å². The largest absolute Gasteiger partial charge is 0.456 e. The zero-order chi connectivity index (χ0) is 16.7. The number of furan rings is 1. The van der Waals surface area contributed by atoms with Crippen molar-refractivity contribution in [3.05, 3.63) is 74.3 Å². The van der Waals surface area contributed by atoms with Gasteiger partial charge in [0, 0.05) is 30.6 Å². The number of benzene rings is 3. The molecule has 5 heteroatoms. The molecule has 24 heavy (non-hydrogen) atoms. The number of anilines is 1. The van der Waals surface area contributed by atoms with Gasteiger partial charge in [0.2, 0.25) is 0 Å². The average molecular weight is 492 g/mol. The third-order valence-electron chi connectivity index (χ3n) is 3.81. The normalized spacial score (nSPS) is 11.1. The van der Waals surface area contributed by atoms with E-state index in [4.69, 9.17) is 4.42 Å². The minimum absolute atomic E-state index is 0.142. The Kier molecular flexibility index (Phi) is 4.05. The van der Waals surface area contributed by atoms with Crippen LogP contribution in [0.3, 0.4) is 0 Å². The van der Waals surface area contributed by atoms with Gasteiger partial charge in [-0.25, -0.2) is 0 Å². The lowest BCUT2D eigenvalue weighted by Gasteiger charge is -2.07. The topological polar surface area (TPSA) is 42.2 Å². The molecule has 4 aromatic rings. The number of nitrogens with one attached hydrogen (secondary N) is 1. The second kappa shape index (κ2) is 6.22. The van der Waals surface area contributed by atoms with Gasteiger partial charge in [-0.05, 0) is 59.0 Å². The quantitative estimate of drug-likeness (QED) is 0.339. The average Bonchev–Trinajstić information content (AvgIpc) is 2.94. The summed E-state index contributed by atoms with van der Waals surface area (Å²) in [4.78, 5) is 12.5. The molecule has 1 amide bonds. The summed E-state index contributed by atoms with van der Waals surface area (Å²) in [6.45, 7) is 0. The summed E-state index contributed by atoms with van der Waals surface area (Å²) in [7, 11) is 0. The lowest BCUT2D eigenvalue weighted by atomic mass is 10.1. The molecule has 0 aliphatic carbocycles. The monoisotopic (exact) mass is 491 g/mol. The first-order chi connectivity index (χ1) is 11.6. The highest BCUT2D eigenvalue weighted by Crippen LogP contribution is 2.30. The van der Waals surface area contributed by atoms with Gasteiger partial charge in [-0.15, -0.1) is 0 Å². The SMILES string of the molecule is O=C(Nc1ccc2c(c1)oc1ccccc12)c1cc(Br)ccc1I. The van der Waals surface area contributed by atoms with Crippen molar-refractivity contribution in [2.45, 2.75) is 0 Å². The highest BCUT2D eigenvalue weighted by molar-refractivity contribution is 14.1. The van der Waals surface area contributed by atoms with Crippen LogP contribution in [0.1, 0.15) is 10.4 Å². The molecule has 0 bridgehead atoms. The fourth-order valence-corrected chi connectivity index (χ4v) is 3.62. The molecule has 1 N–H and O–H groups in total. The van der Waals surface area contributed by atoms with Crippen LogP contribution in [0.4, 0.5) is 5.69 Å². The predicted molar refractivity (Wildman–Crippen MR) is 109 cm³/mol. The molecule has 0 aliphatic rings. The fraction of sp³-hybridized carbons (Fsp3) is 0. The van der Waals surface area contributed by atoms with E-state index in [-0.39, 0.29) is 5.91 Å². The van der Waals surface area contributed by atoms with Gasteiger partial charge in [0.25, 0.3) is 5.91 Å². The second-order valence-corrected chi connectivity index (χ2v) is 7.47. The Bertz CT molecular complexity index is 1090. The van der Waals surface area contributed by atoms with Crippen LogP contribution in [-0.2, 0) is 0 Å². The van der Waals surface area contributed by atoms with Gasteiger partial charge in [-0.2, -0.15) is 0 Å². The number of hydrogen-bond acceptors (Lipinski definition) is 2. The number of amides is 1. The number of rotatable bonds is 2. The summed E-state index contributed by atoms with van der Waals surface area (Å²) < 4.78 is 7.64. The molecule has 3 aromatic carbocycles. The summed E-state index contributed by atoms with van der Waals surface area (Å²) in [6, 6.07) is 19.3. The summed E-state index contributed by atoms with van der Waals surface area (Å²) in [5.41, 5.74) is 2.95. The fourth-order valence-electron chi connectivity index (χ4n) is 2.67. The van der Waals surface area contributed by atoms with Crippen molar-refractivity contribution in [1.82, 2.24) is 0 Å². The summed E-state index contributed by atoms with van der Waals surface area (Å²) >= 11 is 5.56. The third kappa shape index (κ3) is 2.82. The Morgan fingerprint density at radius 2 is 1.75 bits per heavy atom.